The van der Waals surface area contributed by atoms with Crippen LogP contribution in [0.4, 0.5) is 10.5 Å². The zero-order chi connectivity index (χ0) is 13.7. The fraction of sp³-hybridized carbons (Fsp3) is 0.0769. The normalized spacial score (nSPS) is 10.0. The van der Waals surface area contributed by atoms with Crippen LogP contribution >= 0.6 is 23.2 Å². The zero-order valence-corrected chi connectivity index (χ0v) is 11.3. The summed E-state index contributed by atoms with van der Waals surface area (Å²) >= 11 is 11.7. The Hall–Kier alpha value is -1.78. The number of amides is 1. The van der Waals surface area contributed by atoms with Gasteiger partial charge in [-0.15, -0.1) is 0 Å². The molecular formula is C13H10Cl2N2O2. The number of ether oxygens (including phenoxy) is 1. The van der Waals surface area contributed by atoms with E-state index < -0.39 is 6.09 Å². The van der Waals surface area contributed by atoms with Gasteiger partial charge in [-0.3, -0.25) is 5.32 Å². The highest BCUT2D eigenvalue weighted by Gasteiger charge is 2.11. The van der Waals surface area contributed by atoms with E-state index in [1.165, 1.54) is 12.3 Å². The molecule has 0 unspecified atom stereocenters. The summed E-state index contributed by atoms with van der Waals surface area (Å²) in [5, 5.41) is 2.88. The number of nitrogens with one attached hydrogen (secondary N) is 1. The summed E-state index contributed by atoms with van der Waals surface area (Å²) in [5.74, 6) is 0. The van der Waals surface area contributed by atoms with Crippen molar-refractivity contribution in [3.8, 4) is 0 Å². The van der Waals surface area contributed by atoms with E-state index >= 15 is 0 Å². The zero-order valence-electron chi connectivity index (χ0n) is 9.77. The fourth-order valence-electron chi connectivity index (χ4n) is 1.39. The van der Waals surface area contributed by atoms with Crippen LogP contribution in [0.2, 0.25) is 10.2 Å². The van der Waals surface area contributed by atoms with Crippen LogP contribution in [-0.4, -0.2) is 11.1 Å². The maximum atomic E-state index is 11.6. The molecule has 98 valence electrons. The van der Waals surface area contributed by atoms with Crippen molar-refractivity contribution in [2.24, 2.45) is 0 Å². The van der Waals surface area contributed by atoms with E-state index in [0.717, 1.165) is 5.56 Å². The molecule has 1 aromatic heterocycles. The summed E-state index contributed by atoms with van der Waals surface area (Å²) in [6, 6.07) is 10.9. The van der Waals surface area contributed by atoms with E-state index in [2.05, 4.69) is 10.3 Å². The summed E-state index contributed by atoms with van der Waals surface area (Å²) in [4.78, 5) is 15.4. The van der Waals surface area contributed by atoms with Crippen LogP contribution in [-0.2, 0) is 11.3 Å². The predicted molar refractivity (Wildman–Crippen MR) is 74.5 cm³/mol. The smallest absolute Gasteiger partial charge is 0.412 e. The summed E-state index contributed by atoms with van der Waals surface area (Å²) in [6.45, 7) is 0.169. The molecule has 0 aliphatic heterocycles. The van der Waals surface area contributed by atoms with Crippen LogP contribution in [0, 0.1) is 0 Å². The average molecular weight is 297 g/mol. The molecule has 0 bridgehead atoms. The van der Waals surface area contributed by atoms with E-state index in [4.69, 9.17) is 27.9 Å². The second-order valence-electron chi connectivity index (χ2n) is 3.65. The van der Waals surface area contributed by atoms with Gasteiger partial charge in [0.1, 0.15) is 12.3 Å². The first-order chi connectivity index (χ1) is 9.16. The van der Waals surface area contributed by atoms with Crippen molar-refractivity contribution in [1.29, 1.82) is 0 Å². The number of hydrogen-bond donors (Lipinski definition) is 1. The molecule has 0 aliphatic rings. The van der Waals surface area contributed by atoms with Gasteiger partial charge in [-0.2, -0.15) is 0 Å². The third-order valence-corrected chi connectivity index (χ3v) is 2.90. The minimum absolute atomic E-state index is 0.115. The molecule has 0 spiro atoms. The minimum atomic E-state index is -0.638. The Kier molecular flexibility index (Phi) is 4.60. The standard InChI is InChI=1S/C13H10Cl2N2O2/c14-10-6-7-16-12(15)11(10)17-13(18)19-8-9-4-2-1-3-5-9/h1-7H,8H2,(H,17,18). The fourth-order valence-corrected chi connectivity index (χ4v) is 1.83. The predicted octanol–water partition coefficient (Wildman–Crippen LogP) is 4.14. The highest BCUT2D eigenvalue weighted by Crippen LogP contribution is 2.27. The van der Waals surface area contributed by atoms with Crippen molar-refractivity contribution >= 4 is 35.0 Å². The molecule has 0 saturated heterocycles. The van der Waals surface area contributed by atoms with Crippen molar-refractivity contribution in [3.05, 3.63) is 58.3 Å². The molecule has 1 N–H and O–H groups in total. The van der Waals surface area contributed by atoms with Gasteiger partial charge in [0.25, 0.3) is 0 Å². The summed E-state index contributed by atoms with van der Waals surface area (Å²) in [7, 11) is 0. The number of pyridine rings is 1. The van der Waals surface area contributed by atoms with E-state index in [-0.39, 0.29) is 17.4 Å². The van der Waals surface area contributed by atoms with Crippen LogP contribution in [0.1, 0.15) is 5.56 Å². The molecule has 2 rings (SSSR count). The third kappa shape index (κ3) is 3.84. The third-order valence-electron chi connectivity index (χ3n) is 2.29. The Labute approximate surface area is 120 Å². The number of anilines is 1. The van der Waals surface area contributed by atoms with Crippen LogP contribution in [0.25, 0.3) is 0 Å². The number of halogens is 2. The molecule has 19 heavy (non-hydrogen) atoms. The number of carbonyl (C=O) groups is 1. The van der Waals surface area contributed by atoms with Crippen LogP contribution in [0.3, 0.4) is 0 Å². The highest BCUT2D eigenvalue weighted by atomic mass is 35.5. The monoisotopic (exact) mass is 296 g/mol. The molecule has 0 fully saturated rings. The first-order valence-electron chi connectivity index (χ1n) is 5.44. The summed E-state index contributed by atoms with van der Waals surface area (Å²) < 4.78 is 5.05. The quantitative estimate of drug-likeness (QED) is 0.866. The number of carbonyl (C=O) groups excluding carboxylic acids is 1. The Morgan fingerprint density at radius 3 is 2.63 bits per heavy atom. The van der Waals surface area contributed by atoms with Gasteiger partial charge in [-0.25, -0.2) is 9.78 Å². The van der Waals surface area contributed by atoms with Crippen molar-refractivity contribution in [1.82, 2.24) is 4.98 Å². The Morgan fingerprint density at radius 2 is 1.95 bits per heavy atom. The number of benzene rings is 1. The maximum Gasteiger partial charge on any atom is 0.412 e. The average Bonchev–Trinajstić information content (AvgIpc) is 2.42. The molecule has 0 radical (unpaired) electrons. The van der Waals surface area contributed by atoms with Gasteiger partial charge < -0.3 is 4.74 Å². The van der Waals surface area contributed by atoms with Gasteiger partial charge >= 0.3 is 6.09 Å². The van der Waals surface area contributed by atoms with Gasteiger partial charge in [0, 0.05) is 6.20 Å². The Bertz CT molecular complexity index is 556. The van der Waals surface area contributed by atoms with Crippen LogP contribution in [0.5, 0.6) is 0 Å². The SMILES string of the molecule is O=C(Nc1c(Cl)ccnc1Cl)OCc1ccccc1. The lowest BCUT2D eigenvalue weighted by molar-refractivity contribution is 0.155. The lowest BCUT2D eigenvalue weighted by atomic mass is 10.2. The molecular weight excluding hydrogens is 287 g/mol. The van der Waals surface area contributed by atoms with Gasteiger partial charge in [-0.05, 0) is 11.6 Å². The minimum Gasteiger partial charge on any atom is -0.444 e. The van der Waals surface area contributed by atoms with Crippen molar-refractivity contribution in [2.75, 3.05) is 5.32 Å². The van der Waals surface area contributed by atoms with E-state index in [1.807, 2.05) is 30.3 Å². The van der Waals surface area contributed by atoms with Crippen LogP contribution < -0.4 is 5.32 Å². The Balaban J connectivity index is 1.95. The number of hydrogen-bond acceptors (Lipinski definition) is 3. The van der Waals surface area contributed by atoms with E-state index in [0.29, 0.717) is 5.02 Å². The molecule has 0 atom stereocenters. The number of nitrogens with zero attached hydrogens (tertiary/aromatic N) is 1. The molecule has 4 nitrogen and oxygen atoms in total. The lowest BCUT2D eigenvalue weighted by Gasteiger charge is -2.09. The molecule has 2 aromatic rings. The van der Waals surface area contributed by atoms with E-state index in [9.17, 15) is 4.79 Å². The summed E-state index contributed by atoms with van der Waals surface area (Å²) in [6.07, 6.45) is 0.811. The molecule has 1 aromatic carbocycles. The first kappa shape index (κ1) is 13.6. The Morgan fingerprint density at radius 1 is 1.21 bits per heavy atom. The summed E-state index contributed by atoms with van der Waals surface area (Å²) in [5.41, 5.74) is 1.13. The lowest BCUT2D eigenvalue weighted by Crippen LogP contribution is -2.14. The highest BCUT2D eigenvalue weighted by molar-refractivity contribution is 6.38. The second-order valence-corrected chi connectivity index (χ2v) is 4.41. The van der Waals surface area contributed by atoms with Gasteiger partial charge in [0.15, 0.2) is 5.15 Å². The van der Waals surface area contributed by atoms with Gasteiger partial charge in [-0.1, -0.05) is 53.5 Å². The molecule has 1 heterocycles. The first-order valence-corrected chi connectivity index (χ1v) is 6.20. The molecule has 0 aliphatic carbocycles. The van der Waals surface area contributed by atoms with E-state index in [1.54, 1.807) is 0 Å². The number of aromatic nitrogens is 1. The molecule has 0 saturated carbocycles. The largest absolute Gasteiger partial charge is 0.444 e. The second kappa shape index (κ2) is 6.41. The topological polar surface area (TPSA) is 51.2 Å². The molecule has 1 amide bonds. The van der Waals surface area contributed by atoms with Crippen molar-refractivity contribution in [3.63, 3.8) is 0 Å². The van der Waals surface area contributed by atoms with Crippen LogP contribution in [0.15, 0.2) is 42.6 Å². The van der Waals surface area contributed by atoms with Gasteiger partial charge in [0.2, 0.25) is 0 Å². The number of rotatable bonds is 3. The molecule has 6 heteroatoms. The van der Waals surface area contributed by atoms with Crippen molar-refractivity contribution < 1.29 is 9.53 Å². The van der Waals surface area contributed by atoms with Crippen molar-refractivity contribution in [2.45, 2.75) is 6.61 Å². The van der Waals surface area contributed by atoms with Gasteiger partial charge in [0.05, 0.1) is 5.02 Å². The maximum absolute atomic E-state index is 11.6.